The number of anilines is 1. The molecule has 7 heteroatoms. The van der Waals surface area contributed by atoms with E-state index in [1.165, 1.54) is 23.5 Å². The quantitative estimate of drug-likeness (QED) is 0.392. The second kappa shape index (κ2) is 7.77. The molecule has 0 aliphatic carbocycles. The Hall–Kier alpha value is -3.84. The van der Waals surface area contributed by atoms with Gasteiger partial charge in [-0.15, -0.1) is 11.3 Å². The fraction of sp³-hybridized carbons (Fsp3) is 0.0417. The fourth-order valence-corrected chi connectivity index (χ4v) is 4.17. The van der Waals surface area contributed by atoms with Crippen molar-refractivity contribution in [1.29, 1.82) is 0 Å². The first-order valence-electron chi connectivity index (χ1n) is 9.66. The van der Waals surface area contributed by atoms with E-state index in [1.807, 2.05) is 59.3 Å². The van der Waals surface area contributed by atoms with Crippen molar-refractivity contribution in [1.82, 2.24) is 14.4 Å². The number of aromatic nitrogens is 3. The normalized spacial score (nSPS) is 11.0. The first-order chi connectivity index (χ1) is 15.1. The summed E-state index contributed by atoms with van der Waals surface area (Å²) in [6, 6.07) is 19.5. The van der Waals surface area contributed by atoms with E-state index in [-0.39, 0.29) is 11.7 Å². The van der Waals surface area contributed by atoms with Gasteiger partial charge in [-0.1, -0.05) is 30.3 Å². The predicted octanol–water partition coefficient (Wildman–Crippen LogP) is 5.82. The Balaban J connectivity index is 1.50. The molecule has 2 aromatic carbocycles. The number of thiazole rings is 1. The number of halogens is 1. The average molecular weight is 428 g/mol. The second-order valence-electron chi connectivity index (χ2n) is 7.02. The number of nitrogens with one attached hydrogen (secondary N) is 1. The molecular weight excluding hydrogens is 411 g/mol. The van der Waals surface area contributed by atoms with Gasteiger partial charge in [-0.3, -0.25) is 14.2 Å². The number of amides is 1. The van der Waals surface area contributed by atoms with Crippen molar-refractivity contribution in [2.24, 2.45) is 0 Å². The van der Waals surface area contributed by atoms with Crippen LogP contribution in [0.15, 0.2) is 78.3 Å². The number of hydrogen-bond donors (Lipinski definition) is 1. The Kier molecular flexibility index (Phi) is 4.80. The Bertz CT molecular complexity index is 1390. The van der Waals surface area contributed by atoms with Gasteiger partial charge in [0.1, 0.15) is 17.3 Å². The van der Waals surface area contributed by atoms with Crippen LogP contribution in [0.4, 0.5) is 10.2 Å². The Morgan fingerprint density at radius 2 is 1.74 bits per heavy atom. The third kappa shape index (κ3) is 3.60. The third-order valence-electron chi connectivity index (χ3n) is 5.01. The Morgan fingerprint density at radius 1 is 0.968 bits per heavy atom. The zero-order valence-corrected chi connectivity index (χ0v) is 17.4. The minimum atomic E-state index is -0.324. The van der Waals surface area contributed by atoms with Crippen LogP contribution in [0.2, 0.25) is 0 Å². The maximum absolute atomic E-state index is 13.4. The van der Waals surface area contributed by atoms with E-state index >= 15 is 0 Å². The maximum atomic E-state index is 13.4. The van der Waals surface area contributed by atoms with Gasteiger partial charge in [-0.05, 0) is 43.3 Å². The summed E-state index contributed by atoms with van der Waals surface area (Å²) in [5.74, 6) is -0.0593. The predicted molar refractivity (Wildman–Crippen MR) is 121 cm³/mol. The lowest BCUT2D eigenvalue weighted by Gasteiger charge is -2.10. The summed E-state index contributed by atoms with van der Waals surface area (Å²) in [6.07, 6.45) is 1.85. The highest BCUT2D eigenvalue weighted by Gasteiger charge is 2.19. The SMILES string of the molecule is Cc1nc(-c2ccccc2)ccc1C(=O)Nc1c(-c2ccc(F)cc2)nc2sccn12. The molecule has 0 radical (unpaired) electrons. The smallest absolute Gasteiger partial charge is 0.258 e. The number of rotatable bonds is 4. The average Bonchev–Trinajstić information content (AvgIpc) is 3.37. The fourth-order valence-electron chi connectivity index (χ4n) is 3.46. The minimum Gasteiger partial charge on any atom is -0.306 e. The van der Waals surface area contributed by atoms with Gasteiger partial charge in [0.15, 0.2) is 4.96 Å². The summed E-state index contributed by atoms with van der Waals surface area (Å²) in [4.78, 5) is 23.1. The van der Waals surface area contributed by atoms with Gasteiger partial charge in [0.25, 0.3) is 5.91 Å². The highest BCUT2D eigenvalue weighted by Crippen LogP contribution is 2.31. The molecule has 0 saturated carbocycles. The van der Waals surface area contributed by atoms with Crippen LogP contribution in [0.5, 0.6) is 0 Å². The number of aryl methyl sites for hydroxylation is 1. The molecule has 0 aliphatic rings. The molecule has 5 aromatic rings. The lowest BCUT2D eigenvalue weighted by molar-refractivity contribution is 0.102. The first-order valence-corrected chi connectivity index (χ1v) is 10.5. The largest absolute Gasteiger partial charge is 0.306 e. The van der Waals surface area contributed by atoms with Gasteiger partial charge in [0.2, 0.25) is 0 Å². The minimum absolute atomic E-state index is 0.277. The van der Waals surface area contributed by atoms with Gasteiger partial charge in [-0.2, -0.15) is 0 Å². The zero-order valence-electron chi connectivity index (χ0n) is 16.5. The van der Waals surface area contributed by atoms with Crippen LogP contribution >= 0.6 is 11.3 Å². The molecule has 1 amide bonds. The first kappa shape index (κ1) is 19.1. The lowest BCUT2D eigenvalue weighted by atomic mass is 10.1. The van der Waals surface area contributed by atoms with Crippen LogP contribution in [0.1, 0.15) is 16.1 Å². The number of hydrogen-bond acceptors (Lipinski definition) is 4. The van der Waals surface area contributed by atoms with Crippen molar-refractivity contribution in [2.45, 2.75) is 6.92 Å². The molecule has 3 heterocycles. The van der Waals surface area contributed by atoms with Crippen molar-refractivity contribution in [3.63, 3.8) is 0 Å². The highest BCUT2D eigenvalue weighted by molar-refractivity contribution is 7.15. The van der Waals surface area contributed by atoms with Crippen LogP contribution in [0.25, 0.3) is 27.5 Å². The summed E-state index contributed by atoms with van der Waals surface area (Å²) >= 11 is 1.46. The summed E-state index contributed by atoms with van der Waals surface area (Å²) < 4.78 is 15.2. The van der Waals surface area contributed by atoms with Gasteiger partial charge in [-0.25, -0.2) is 9.37 Å². The summed E-state index contributed by atoms with van der Waals surface area (Å²) in [5.41, 5.74) is 4.23. The van der Waals surface area contributed by atoms with E-state index in [0.29, 0.717) is 22.8 Å². The topological polar surface area (TPSA) is 59.3 Å². The highest BCUT2D eigenvalue weighted by atomic mass is 32.1. The van der Waals surface area contributed by atoms with E-state index < -0.39 is 0 Å². The molecule has 0 aliphatic heterocycles. The number of fused-ring (bicyclic) bond motifs is 1. The summed E-state index contributed by atoms with van der Waals surface area (Å²) in [6.45, 7) is 1.82. The van der Waals surface area contributed by atoms with Gasteiger partial charge in [0, 0.05) is 22.7 Å². The van der Waals surface area contributed by atoms with Gasteiger partial charge in [0.05, 0.1) is 17.0 Å². The van der Waals surface area contributed by atoms with E-state index in [0.717, 1.165) is 21.8 Å². The van der Waals surface area contributed by atoms with Crippen molar-refractivity contribution in [3.8, 4) is 22.5 Å². The standard InChI is InChI=1S/C24H17FN4OS/c1-15-19(11-12-20(26-15)16-5-3-2-4-6-16)23(30)28-22-21(17-7-9-18(25)10-8-17)27-24-29(22)13-14-31-24/h2-14H,1H3,(H,28,30). The molecule has 0 atom stereocenters. The number of imidazole rings is 1. The van der Waals surface area contributed by atoms with E-state index in [9.17, 15) is 9.18 Å². The van der Waals surface area contributed by atoms with Gasteiger partial charge < -0.3 is 5.32 Å². The Labute approximate surface area is 181 Å². The molecule has 31 heavy (non-hydrogen) atoms. The van der Waals surface area contributed by atoms with E-state index in [2.05, 4.69) is 15.3 Å². The summed E-state index contributed by atoms with van der Waals surface area (Å²) in [7, 11) is 0. The van der Waals surface area contributed by atoms with Crippen molar-refractivity contribution in [3.05, 3.63) is 95.4 Å². The molecule has 5 nitrogen and oxygen atoms in total. The number of nitrogens with zero attached hydrogens (tertiary/aromatic N) is 3. The number of benzene rings is 2. The van der Waals surface area contributed by atoms with E-state index in [1.54, 1.807) is 18.2 Å². The molecule has 0 unspecified atom stereocenters. The molecule has 0 fully saturated rings. The molecule has 152 valence electrons. The molecule has 5 rings (SSSR count). The number of carbonyl (C=O) groups is 1. The van der Waals surface area contributed by atoms with Crippen LogP contribution < -0.4 is 5.32 Å². The third-order valence-corrected chi connectivity index (χ3v) is 5.77. The molecule has 3 aromatic heterocycles. The van der Waals surface area contributed by atoms with Crippen molar-refractivity contribution in [2.75, 3.05) is 5.32 Å². The van der Waals surface area contributed by atoms with Crippen LogP contribution in [0, 0.1) is 12.7 Å². The zero-order chi connectivity index (χ0) is 21.4. The number of carbonyl (C=O) groups excluding carboxylic acids is 1. The second-order valence-corrected chi connectivity index (χ2v) is 7.89. The summed E-state index contributed by atoms with van der Waals surface area (Å²) in [5, 5.41) is 4.88. The molecule has 0 saturated heterocycles. The van der Waals surface area contributed by atoms with Crippen LogP contribution in [0.3, 0.4) is 0 Å². The monoisotopic (exact) mass is 428 g/mol. The molecule has 0 bridgehead atoms. The maximum Gasteiger partial charge on any atom is 0.258 e. The lowest BCUT2D eigenvalue weighted by Crippen LogP contribution is -2.16. The molecular formula is C24H17FN4OS. The van der Waals surface area contributed by atoms with Crippen LogP contribution in [-0.4, -0.2) is 20.3 Å². The molecule has 1 N–H and O–H groups in total. The van der Waals surface area contributed by atoms with Crippen LogP contribution in [-0.2, 0) is 0 Å². The van der Waals surface area contributed by atoms with Crippen molar-refractivity contribution < 1.29 is 9.18 Å². The number of pyridine rings is 1. The van der Waals surface area contributed by atoms with Gasteiger partial charge >= 0.3 is 0 Å². The van der Waals surface area contributed by atoms with E-state index in [4.69, 9.17) is 0 Å². The Morgan fingerprint density at radius 3 is 2.48 bits per heavy atom. The molecule has 0 spiro atoms. The van der Waals surface area contributed by atoms with Crippen molar-refractivity contribution >= 4 is 28.0 Å².